The molecule has 182 valence electrons. The van der Waals surface area contributed by atoms with Crippen molar-refractivity contribution in [3.05, 3.63) is 65.5 Å². The summed E-state index contributed by atoms with van der Waals surface area (Å²) in [5, 5.41) is 6.48. The van der Waals surface area contributed by atoms with Crippen LogP contribution in [0, 0.1) is 0 Å². The third-order valence-electron chi connectivity index (χ3n) is 6.43. The molecule has 0 radical (unpaired) electrons. The van der Waals surface area contributed by atoms with Gasteiger partial charge in [0.2, 0.25) is 10.0 Å². The second-order valence-electron chi connectivity index (χ2n) is 8.63. The predicted octanol–water partition coefficient (Wildman–Crippen LogP) is 6.62. The Morgan fingerprint density at radius 2 is 1.80 bits per heavy atom. The molecule has 5 rings (SSSR count). The SMILES string of the molecule is CCN(C1CCCCC1)S(=O)(=O)c1ccc(C(=O)Nc2sccc2-c2nc3ccccc3s2)cc1. The van der Waals surface area contributed by atoms with Crippen molar-refractivity contribution in [1.82, 2.24) is 9.29 Å². The lowest BCUT2D eigenvalue weighted by molar-refractivity contribution is 0.102. The fourth-order valence-corrected chi connectivity index (χ4v) is 8.18. The summed E-state index contributed by atoms with van der Waals surface area (Å²) in [5.41, 5.74) is 2.23. The number of hydrogen-bond acceptors (Lipinski definition) is 6. The number of rotatable bonds is 7. The van der Waals surface area contributed by atoms with Crippen LogP contribution in [0.2, 0.25) is 0 Å². The first kappa shape index (κ1) is 24.1. The lowest BCUT2D eigenvalue weighted by atomic mass is 9.95. The Morgan fingerprint density at radius 1 is 1.06 bits per heavy atom. The van der Waals surface area contributed by atoms with Crippen molar-refractivity contribution < 1.29 is 13.2 Å². The Bertz CT molecular complexity index is 1400. The van der Waals surface area contributed by atoms with Crippen LogP contribution in [-0.4, -0.2) is 36.2 Å². The zero-order valence-corrected chi connectivity index (χ0v) is 21.9. The molecule has 2 heterocycles. The molecule has 0 saturated heterocycles. The van der Waals surface area contributed by atoms with Crippen LogP contribution < -0.4 is 5.32 Å². The number of amides is 1. The number of carbonyl (C=O) groups is 1. The van der Waals surface area contributed by atoms with Crippen molar-refractivity contribution in [3.63, 3.8) is 0 Å². The minimum Gasteiger partial charge on any atom is -0.313 e. The third kappa shape index (κ3) is 4.91. The van der Waals surface area contributed by atoms with E-state index in [0.29, 0.717) is 12.1 Å². The normalized spacial score (nSPS) is 15.0. The minimum atomic E-state index is -3.60. The number of thiazole rings is 1. The highest BCUT2D eigenvalue weighted by molar-refractivity contribution is 7.89. The minimum absolute atomic E-state index is 0.0569. The Hall–Kier alpha value is -2.59. The number of sulfonamides is 1. The van der Waals surface area contributed by atoms with Crippen molar-refractivity contribution in [2.24, 2.45) is 0 Å². The molecule has 1 aliphatic carbocycles. The highest BCUT2D eigenvalue weighted by Crippen LogP contribution is 2.38. The van der Waals surface area contributed by atoms with E-state index in [1.54, 1.807) is 39.9 Å². The third-order valence-corrected chi connectivity index (χ3v) is 10.4. The fourth-order valence-electron chi connectivity index (χ4n) is 4.64. The van der Waals surface area contributed by atoms with Crippen molar-refractivity contribution in [1.29, 1.82) is 0 Å². The molecule has 0 spiro atoms. The van der Waals surface area contributed by atoms with Crippen LogP contribution in [-0.2, 0) is 10.0 Å². The molecule has 1 aliphatic rings. The van der Waals surface area contributed by atoms with Gasteiger partial charge in [-0.25, -0.2) is 13.4 Å². The van der Waals surface area contributed by atoms with Crippen LogP contribution in [0.15, 0.2) is 64.9 Å². The molecule has 2 aromatic carbocycles. The van der Waals surface area contributed by atoms with E-state index >= 15 is 0 Å². The lowest BCUT2D eigenvalue weighted by Crippen LogP contribution is -2.41. The topological polar surface area (TPSA) is 79.4 Å². The van der Waals surface area contributed by atoms with Gasteiger partial charge in [0.15, 0.2) is 0 Å². The number of nitrogens with zero attached hydrogens (tertiary/aromatic N) is 2. The Kier molecular flexibility index (Phi) is 7.02. The first-order valence-corrected chi connectivity index (χ1v) is 15.0. The maximum absolute atomic E-state index is 13.3. The molecule has 0 unspecified atom stereocenters. The zero-order chi connectivity index (χ0) is 24.4. The second-order valence-corrected chi connectivity index (χ2v) is 12.5. The molecular formula is C26H27N3O3S3. The van der Waals surface area contributed by atoms with E-state index in [1.807, 2.05) is 42.6 Å². The Labute approximate surface area is 213 Å². The summed E-state index contributed by atoms with van der Waals surface area (Å²) >= 11 is 3.03. The maximum Gasteiger partial charge on any atom is 0.256 e. The number of carbonyl (C=O) groups excluding carboxylic acids is 1. The summed E-state index contributed by atoms with van der Waals surface area (Å²) in [5.74, 6) is -0.279. The van der Waals surface area contributed by atoms with Crippen molar-refractivity contribution >= 4 is 53.8 Å². The molecule has 35 heavy (non-hydrogen) atoms. The summed E-state index contributed by atoms with van der Waals surface area (Å²) in [6, 6.07) is 16.2. The predicted molar refractivity (Wildman–Crippen MR) is 144 cm³/mol. The van der Waals surface area contributed by atoms with Gasteiger partial charge in [0, 0.05) is 23.7 Å². The first-order valence-electron chi connectivity index (χ1n) is 11.8. The van der Waals surface area contributed by atoms with E-state index in [9.17, 15) is 13.2 Å². The molecule has 2 aromatic heterocycles. The van der Waals surface area contributed by atoms with Crippen LogP contribution in [0.4, 0.5) is 5.00 Å². The summed E-state index contributed by atoms with van der Waals surface area (Å²) < 4.78 is 29.3. The number of anilines is 1. The molecule has 0 bridgehead atoms. The van der Waals surface area contributed by atoms with Gasteiger partial charge in [-0.1, -0.05) is 38.3 Å². The van der Waals surface area contributed by atoms with Crippen LogP contribution >= 0.6 is 22.7 Å². The average molecular weight is 526 g/mol. The number of benzene rings is 2. The van der Waals surface area contributed by atoms with E-state index < -0.39 is 10.0 Å². The summed E-state index contributed by atoms with van der Waals surface area (Å²) in [6.07, 6.45) is 5.12. The smallest absolute Gasteiger partial charge is 0.256 e. The van der Waals surface area contributed by atoms with Crippen LogP contribution in [0.3, 0.4) is 0 Å². The number of para-hydroxylation sites is 1. The molecule has 0 aliphatic heterocycles. The van der Waals surface area contributed by atoms with Gasteiger partial charge >= 0.3 is 0 Å². The van der Waals surface area contributed by atoms with Crippen molar-refractivity contribution in [2.75, 3.05) is 11.9 Å². The first-order chi connectivity index (χ1) is 17.0. The molecular weight excluding hydrogens is 499 g/mol. The summed E-state index contributed by atoms with van der Waals surface area (Å²) in [7, 11) is -3.60. The summed E-state index contributed by atoms with van der Waals surface area (Å²) in [6.45, 7) is 2.33. The highest BCUT2D eigenvalue weighted by Gasteiger charge is 2.31. The van der Waals surface area contributed by atoms with E-state index in [2.05, 4.69) is 5.32 Å². The van der Waals surface area contributed by atoms with Gasteiger partial charge in [0.25, 0.3) is 5.91 Å². The number of thiophene rings is 1. The van der Waals surface area contributed by atoms with Gasteiger partial charge in [-0.05, 0) is 60.7 Å². The molecule has 1 saturated carbocycles. The molecule has 1 amide bonds. The number of nitrogens with one attached hydrogen (secondary N) is 1. The van der Waals surface area contributed by atoms with Gasteiger partial charge in [-0.3, -0.25) is 4.79 Å². The van der Waals surface area contributed by atoms with E-state index in [0.717, 1.165) is 51.5 Å². The van der Waals surface area contributed by atoms with Crippen molar-refractivity contribution in [3.8, 4) is 10.6 Å². The summed E-state index contributed by atoms with van der Waals surface area (Å²) in [4.78, 5) is 17.9. The fraction of sp³-hybridized carbons (Fsp3) is 0.308. The number of fused-ring (bicyclic) bond motifs is 1. The molecule has 1 N–H and O–H groups in total. The lowest BCUT2D eigenvalue weighted by Gasteiger charge is -2.32. The largest absolute Gasteiger partial charge is 0.313 e. The monoisotopic (exact) mass is 525 g/mol. The van der Waals surface area contributed by atoms with Gasteiger partial charge in [-0.15, -0.1) is 22.7 Å². The van der Waals surface area contributed by atoms with Gasteiger partial charge in [0.05, 0.1) is 15.1 Å². The zero-order valence-electron chi connectivity index (χ0n) is 19.4. The maximum atomic E-state index is 13.3. The van der Waals surface area contributed by atoms with E-state index in [4.69, 9.17) is 4.98 Å². The van der Waals surface area contributed by atoms with Crippen LogP contribution in [0.1, 0.15) is 49.4 Å². The molecule has 9 heteroatoms. The van der Waals surface area contributed by atoms with Crippen LogP contribution in [0.5, 0.6) is 0 Å². The number of hydrogen-bond donors (Lipinski definition) is 1. The Morgan fingerprint density at radius 3 is 2.51 bits per heavy atom. The standard InChI is InChI=1S/C26H27N3O3S3/c1-2-29(19-8-4-3-5-9-19)35(31,32)20-14-12-18(13-15-20)24(30)28-25-21(16-17-33-25)26-27-22-10-6-7-11-23(22)34-26/h6-7,10-17,19H,2-5,8-9H2,1H3,(H,28,30). The number of aromatic nitrogens is 1. The average Bonchev–Trinajstić information content (AvgIpc) is 3.51. The van der Waals surface area contributed by atoms with E-state index in [1.165, 1.54) is 17.8 Å². The van der Waals surface area contributed by atoms with Gasteiger partial charge < -0.3 is 5.32 Å². The quantitative estimate of drug-likeness (QED) is 0.294. The van der Waals surface area contributed by atoms with Gasteiger partial charge in [0.1, 0.15) is 10.0 Å². The molecule has 1 fully saturated rings. The second kappa shape index (κ2) is 10.2. The van der Waals surface area contributed by atoms with Crippen molar-refractivity contribution in [2.45, 2.75) is 50.0 Å². The van der Waals surface area contributed by atoms with Gasteiger partial charge in [-0.2, -0.15) is 4.31 Å². The molecule has 0 atom stereocenters. The highest BCUT2D eigenvalue weighted by atomic mass is 32.2. The molecule has 6 nitrogen and oxygen atoms in total. The molecule has 4 aromatic rings. The van der Waals surface area contributed by atoms with Crippen LogP contribution in [0.25, 0.3) is 20.8 Å². The van der Waals surface area contributed by atoms with E-state index in [-0.39, 0.29) is 16.8 Å². The Balaban J connectivity index is 1.33.